The first-order valence-electron chi connectivity index (χ1n) is 10.2. The number of Topliss-reactive ketones (excluding diaryl/α,β-unsaturated/α-hetero) is 1. The fourth-order valence-electron chi connectivity index (χ4n) is 5.03. The Morgan fingerprint density at radius 3 is 2.42 bits per heavy atom. The Bertz CT molecular complexity index is 1220. The molecule has 4 atom stereocenters. The van der Waals surface area contributed by atoms with Gasteiger partial charge in [0.2, 0.25) is 0 Å². The molecule has 0 spiro atoms. The minimum absolute atomic E-state index is 0.133. The summed E-state index contributed by atoms with van der Waals surface area (Å²) in [7, 11) is 2.75. The van der Waals surface area contributed by atoms with Crippen molar-refractivity contribution in [1.82, 2.24) is 0 Å². The zero-order valence-electron chi connectivity index (χ0n) is 18.2. The highest BCUT2D eigenvalue weighted by Gasteiger charge is 2.66. The number of nitro benzene ring substituents is 1. The number of non-ortho nitro benzene ring substituents is 1. The fourth-order valence-corrected chi connectivity index (χ4v) is 5.03. The smallest absolute Gasteiger partial charge is 0.329 e. The second kappa shape index (κ2) is 8.06. The Morgan fingerprint density at radius 1 is 1.18 bits per heavy atom. The molecule has 0 aliphatic carbocycles. The number of hydrogen-bond acceptors (Lipinski definition) is 8. The molecule has 168 valence electrons. The molecule has 1 saturated heterocycles. The Labute approximate surface area is 190 Å². The van der Waals surface area contributed by atoms with Gasteiger partial charge in [0.05, 0.1) is 37.3 Å². The largest absolute Gasteiger partial charge is 0.497 e. The average Bonchev–Trinajstić information content (AvgIpc) is 3.14. The lowest BCUT2D eigenvalue weighted by Gasteiger charge is -2.36. The van der Waals surface area contributed by atoms with Crippen molar-refractivity contribution in [1.29, 1.82) is 5.26 Å². The van der Waals surface area contributed by atoms with E-state index in [4.69, 9.17) is 9.47 Å². The summed E-state index contributed by atoms with van der Waals surface area (Å²) in [4.78, 5) is 38.6. The third-order valence-corrected chi connectivity index (χ3v) is 6.43. The van der Waals surface area contributed by atoms with Crippen LogP contribution in [0.5, 0.6) is 5.75 Å². The molecule has 1 fully saturated rings. The molecule has 2 aliphatic heterocycles. The maximum absolute atomic E-state index is 13.2. The molecule has 0 aromatic heterocycles. The van der Waals surface area contributed by atoms with Gasteiger partial charge in [-0.05, 0) is 30.7 Å². The molecule has 2 aromatic carbocycles. The van der Waals surface area contributed by atoms with E-state index in [2.05, 4.69) is 6.07 Å². The number of nitrogens with zero attached hydrogens (tertiary/aromatic N) is 3. The standard InChI is InChI=1S/C24H21N3O6/c1-14(28)22-21(15-4-7-17(8-5-15)27(30)31)24(13-25,23(29)33-3)20-11-6-16-12-18(32-2)9-10-19(16)26(20)22/h4-12,20-22H,1-3H3/t20-,21-,22-,24-/m1/s1. The van der Waals surface area contributed by atoms with E-state index < -0.39 is 34.3 Å². The summed E-state index contributed by atoms with van der Waals surface area (Å²) in [5, 5.41) is 21.5. The van der Waals surface area contributed by atoms with Gasteiger partial charge in [-0.25, -0.2) is 0 Å². The van der Waals surface area contributed by atoms with Crippen LogP contribution < -0.4 is 9.64 Å². The van der Waals surface area contributed by atoms with Crippen molar-refractivity contribution < 1.29 is 24.0 Å². The first-order chi connectivity index (χ1) is 15.8. The summed E-state index contributed by atoms with van der Waals surface area (Å²) in [6.07, 6.45) is 3.52. The van der Waals surface area contributed by atoms with Gasteiger partial charge in [0.25, 0.3) is 5.69 Å². The summed E-state index contributed by atoms with van der Waals surface area (Å²) in [5.41, 5.74) is 0.0294. The highest BCUT2D eigenvalue weighted by atomic mass is 16.6. The number of methoxy groups -OCH3 is 2. The second-order valence-corrected chi connectivity index (χ2v) is 7.99. The molecule has 2 aromatic rings. The lowest BCUT2D eigenvalue weighted by Crippen LogP contribution is -2.46. The number of nitro groups is 1. The van der Waals surface area contributed by atoms with Crippen LogP contribution in [0.3, 0.4) is 0 Å². The average molecular weight is 447 g/mol. The van der Waals surface area contributed by atoms with E-state index in [0.29, 0.717) is 17.0 Å². The molecular weight excluding hydrogens is 426 g/mol. The lowest BCUT2D eigenvalue weighted by atomic mass is 9.68. The number of fused-ring (bicyclic) bond motifs is 3. The van der Waals surface area contributed by atoms with Crippen LogP contribution in [0.1, 0.15) is 24.0 Å². The third kappa shape index (κ3) is 3.14. The number of carbonyl (C=O) groups is 2. The third-order valence-electron chi connectivity index (χ3n) is 6.43. The molecule has 0 amide bonds. The molecular formula is C24H21N3O6. The molecule has 0 N–H and O–H groups in total. The molecule has 9 heteroatoms. The number of nitriles is 1. The Hall–Kier alpha value is -4.19. The summed E-state index contributed by atoms with van der Waals surface area (Å²) in [6.45, 7) is 1.41. The number of ketones is 1. The van der Waals surface area contributed by atoms with E-state index in [1.54, 1.807) is 36.3 Å². The fraction of sp³-hybridized carbons (Fsp3) is 0.292. The number of rotatable bonds is 5. The Balaban J connectivity index is 1.98. The Kier molecular flexibility index (Phi) is 5.38. The van der Waals surface area contributed by atoms with Gasteiger partial charge in [0, 0.05) is 29.3 Å². The van der Waals surface area contributed by atoms with Gasteiger partial charge >= 0.3 is 5.97 Å². The summed E-state index contributed by atoms with van der Waals surface area (Å²) < 4.78 is 10.4. The van der Waals surface area contributed by atoms with Crippen molar-refractivity contribution in [2.75, 3.05) is 19.1 Å². The van der Waals surface area contributed by atoms with E-state index in [1.165, 1.54) is 38.3 Å². The molecule has 4 rings (SSSR count). The highest BCUT2D eigenvalue weighted by molar-refractivity contribution is 5.96. The minimum Gasteiger partial charge on any atom is -0.497 e. The second-order valence-electron chi connectivity index (χ2n) is 7.99. The highest BCUT2D eigenvalue weighted by Crippen LogP contribution is 2.56. The first-order valence-corrected chi connectivity index (χ1v) is 10.2. The summed E-state index contributed by atoms with van der Waals surface area (Å²) in [6, 6.07) is 11.4. The van der Waals surface area contributed by atoms with Crippen molar-refractivity contribution >= 4 is 29.2 Å². The maximum atomic E-state index is 13.2. The number of hydrogen-bond donors (Lipinski definition) is 0. The predicted molar refractivity (Wildman–Crippen MR) is 119 cm³/mol. The molecule has 0 bridgehead atoms. The van der Waals surface area contributed by atoms with E-state index in [9.17, 15) is 25.0 Å². The molecule has 9 nitrogen and oxygen atoms in total. The zero-order valence-corrected chi connectivity index (χ0v) is 18.2. The number of esters is 1. The first kappa shape index (κ1) is 22.0. The lowest BCUT2D eigenvalue weighted by molar-refractivity contribution is -0.384. The minimum atomic E-state index is -1.75. The summed E-state index contributed by atoms with van der Waals surface area (Å²) >= 11 is 0. The van der Waals surface area contributed by atoms with Crippen molar-refractivity contribution in [2.24, 2.45) is 5.41 Å². The van der Waals surface area contributed by atoms with Crippen molar-refractivity contribution in [3.63, 3.8) is 0 Å². The van der Waals surface area contributed by atoms with Gasteiger partial charge in [-0.15, -0.1) is 0 Å². The van der Waals surface area contributed by atoms with Crippen LogP contribution in [0, 0.1) is 26.9 Å². The number of ether oxygens (including phenoxy) is 2. The van der Waals surface area contributed by atoms with Gasteiger partial charge in [0.15, 0.2) is 11.2 Å². The van der Waals surface area contributed by atoms with Gasteiger partial charge in [-0.2, -0.15) is 5.26 Å². The van der Waals surface area contributed by atoms with E-state index in [1.807, 2.05) is 6.07 Å². The van der Waals surface area contributed by atoms with Crippen molar-refractivity contribution in [3.8, 4) is 11.8 Å². The van der Waals surface area contributed by atoms with Gasteiger partial charge in [-0.3, -0.25) is 19.7 Å². The SMILES string of the molecule is COC(=O)[C@@]1(C#N)[C@H](c2ccc([N+](=O)[O-])cc2)[C@@H](C(C)=O)N2c3ccc(OC)cc3C=C[C@@H]21. The van der Waals surface area contributed by atoms with Crippen molar-refractivity contribution in [3.05, 3.63) is 69.8 Å². The number of benzene rings is 2. The van der Waals surface area contributed by atoms with E-state index >= 15 is 0 Å². The normalized spacial score (nSPS) is 24.9. The molecule has 2 aliphatic rings. The van der Waals surface area contributed by atoms with Gasteiger partial charge in [-0.1, -0.05) is 24.3 Å². The quantitative estimate of drug-likeness (QED) is 0.389. The van der Waals surface area contributed by atoms with Gasteiger partial charge in [0.1, 0.15) is 5.75 Å². The van der Waals surface area contributed by atoms with Crippen LogP contribution in [0.4, 0.5) is 11.4 Å². The molecule has 0 radical (unpaired) electrons. The maximum Gasteiger partial charge on any atom is 0.329 e. The molecule has 0 saturated carbocycles. The van der Waals surface area contributed by atoms with Crippen LogP contribution >= 0.6 is 0 Å². The van der Waals surface area contributed by atoms with Crippen LogP contribution in [-0.4, -0.2) is 43.0 Å². The van der Waals surface area contributed by atoms with Crippen LogP contribution in [0.25, 0.3) is 6.08 Å². The Morgan fingerprint density at radius 2 is 1.88 bits per heavy atom. The zero-order chi connectivity index (χ0) is 23.9. The van der Waals surface area contributed by atoms with Gasteiger partial charge < -0.3 is 14.4 Å². The van der Waals surface area contributed by atoms with E-state index in [0.717, 1.165) is 5.56 Å². The monoisotopic (exact) mass is 447 g/mol. The topological polar surface area (TPSA) is 123 Å². The molecule has 0 unspecified atom stereocenters. The summed E-state index contributed by atoms with van der Waals surface area (Å²) in [5.74, 6) is -1.31. The number of carbonyl (C=O) groups excluding carboxylic acids is 2. The van der Waals surface area contributed by atoms with Crippen molar-refractivity contribution in [2.45, 2.75) is 24.9 Å². The predicted octanol–water partition coefficient (Wildman–Crippen LogP) is 3.24. The molecule has 2 heterocycles. The van der Waals surface area contributed by atoms with Crippen LogP contribution in [0.15, 0.2) is 48.5 Å². The van der Waals surface area contributed by atoms with Crippen LogP contribution in [-0.2, 0) is 14.3 Å². The number of anilines is 1. The van der Waals surface area contributed by atoms with E-state index in [-0.39, 0.29) is 11.5 Å². The van der Waals surface area contributed by atoms with Crippen LogP contribution in [0.2, 0.25) is 0 Å². The molecule has 33 heavy (non-hydrogen) atoms.